The Labute approximate surface area is 126 Å². The topological polar surface area (TPSA) is 15.3 Å². The molecule has 1 fully saturated rings. The monoisotopic (exact) mass is 298 g/mol. The van der Waals surface area contributed by atoms with Gasteiger partial charge in [-0.05, 0) is 38.0 Å². The van der Waals surface area contributed by atoms with Crippen molar-refractivity contribution in [1.82, 2.24) is 10.2 Å². The quantitative estimate of drug-likeness (QED) is 0.909. The van der Waals surface area contributed by atoms with Crippen molar-refractivity contribution in [3.63, 3.8) is 0 Å². The van der Waals surface area contributed by atoms with E-state index in [1.165, 1.54) is 6.07 Å². The molecule has 0 amide bonds. The van der Waals surface area contributed by atoms with E-state index >= 15 is 0 Å². The fourth-order valence-corrected chi connectivity index (χ4v) is 3.31. The van der Waals surface area contributed by atoms with Crippen molar-refractivity contribution in [2.24, 2.45) is 0 Å². The number of hydrogen-bond donors (Lipinski definition) is 1. The van der Waals surface area contributed by atoms with Crippen LogP contribution in [0.3, 0.4) is 0 Å². The Balaban J connectivity index is 2.25. The molecule has 1 heterocycles. The van der Waals surface area contributed by atoms with E-state index in [4.69, 9.17) is 11.6 Å². The second-order valence-corrected chi connectivity index (χ2v) is 6.27. The van der Waals surface area contributed by atoms with Gasteiger partial charge in [0.2, 0.25) is 0 Å². The van der Waals surface area contributed by atoms with E-state index in [9.17, 15) is 4.39 Å². The first kappa shape index (κ1) is 15.7. The van der Waals surface area contributed by atoms with Crippen LogP contribution in [0.25, 0.3) is 0 Å². The summed E-state index contributed by atoms with van der Waals surface area (Å²) in [7, 11) is 0. The predicted octanol–water partition coefficient (Wildman–Crippen LogP) is 3.83. The number of benzene rings is 1. The maximum absolute atomic E-state index is 14.0. The van der Waals surface area contributed by atoms with Gasteiger partial charge < -0.3 is 5.32 Å². The van der Waals surface area contributed by atoms with Crippen LogP contribution in [-0.4, -0.2) is 29.6 Å². The molecule has 0 aromatic heterocycles. The second kappa shape index (κ2) is 6.42. The maximum Gasteiger partial charge on any atom is 0.127 e. The molecule has 20 heavy (non-hydrogen) atoms. The highest BCUT2D eigenvalue weighted by molar-refractivity contribution is 6.30. The number of nitrogens with zero attached hydrogens (tertiary/aromatic N) is 1. The molecular formula is C16H24ClFN2. The molecule has 0 saturated carbocycles. The number of piperazine rings is 1. The van der Waals surface area contributed by atoms with Crippen molar-refractivity contribution >= 4 is 11.6 Å². The van der Waals surface area contributed by atoms with E-state index in [0.717, 1.165) is 25.9 Å². The molecule has 1 aliphatic heterocycles. The molecule has 1 N–H and O–H groups in total. The number of nitrogens with one attached hydrogen (secondary N) is 1. The third-order valence-corrected chi connectivity index (χ3v) is 4.86. The first-order chi connectivity index (χ1) is 9.50. The van der Waals surface area contributed by atoms with Gasteiger partial charge in [-0.25, -0.2) is 4.39 Å². The van der Waals surface area contributed by atoms with Crippen LogP contribution in [0.1, 0.15) is 39.2 Å². The number of halogens is 2. The number of rotatable bonds is 4. The Hall–Kier alpha value is -0.640. The average Bonchev–Trinajstić information content (AvgIpc) is 2.44. The van der Waals surface area contributed by atoms with E-state index < -0.39 is 0 Å². The minimum absolute atomic E-state index is 0.112. The summed E-state index contributed by atoms with van der Waals surface area (Å²) in [5.74, 6) is -0.165. The summed E-state index contributed by atoms with van der Waals surface area (Å²) in [6.07, 6.45) is 2.12. The van der Waals surface area contributed by atoms with E-state index in [2.05, 4.69) is 31.0 Å². The van der Waals surface area contributed by atoms with Crippen LogP contribution in [0, 0.1) is 5.82 Å². The lowest BCUT2D eigenvalue weighted by atomic mass is 9.87. The lowest BCUT2D eigenvalue weighted by Gasteiger charge is -2.49. The van der Waals surface area contributed by atoms with Crippen LogP contribution in [0.15, 0.2) is 18.2 Å². The molecule has 1 atom stereocenters. The summed E-state index contributed by atoms with van der Waals surface area (Å²) >= 11 is 6.00. The van der Waals surface area contributed by atoms with Crippen LogP contribution < -0.4 is 5.32 Å². The van der Waals surface area contributed by atoms with Crippen LogP contribution in [0.5, 0.6) is 0 Å². The van der Waals surface area contributed by atoms with Gasteiger partial charge in [0, 0.05) is 41.8 Å². The van der Waals surface area contributed by atoms with Gasteiger partial charge in [0.1, 0.15) is 5.82 Å². The lowest BCUT2D eigenvalue weighted by molar-refractivity contribution is 0.0270. The van der Waals surface area contributed by atoms with Gasteiger partial charge in [-0.3, -0.25) is 4.90 Å². The highest BCUT2D eigenvalue weighted by Gasteiger charge is 2.37. The SMILES string of the molecule is CCC1(CC)CNC(C)CN1Cc1cc(Cl)ccc1F. The van der Waals surface area contributed by atoms with Crippen molar-refractivity contribution in [2.45, 2.75) is 51.7 Å². The van der Waals surface area contributed by atoms with Gasteiger partial charge in [-0.1, -0.05) is 25.4 Å². The zero-order valence-corrected chi connectivity index (χ0v) is 13.3. The highest BCUT2D eigenvalue weighted by Crippen LogP contribution is 2.29. The first-order valence-corrected chi connectivity index (χ1v) is 7.81. The summed E-state index contributed by atoms with van der Waals surface area (Å²) in [4.78, 5) is 2.42. The van der Waals surface area contributed by atoms with Crippen molar-refractivity contribution in [1.29, 1.82) is 0 Å². The van der Waals surface area contributed by atoms with Gasteiger partial charge in [-0.2, -0.15) is 0 Å². The molecule has 4 heteroatoms. The van der Waals surface area contributed by atoms with Gasteiger partial charge in [0.05, 0.1) is 0 Å². The van der Waals surface area contributed by atoms with Crippen LogP contribution in [-0.2, 0) is 6.54 Å². The molecule has 1 aromatic carbocycles. The van der Waals surface area contributed by atoms with Gasteiger partial charge in [-0.15, -0.1) is 0 Å². The Bertz CT molecular complexity index is 460. The zero-order chi connectivity index (χ0) is 14.8. The van der Waals surface area contributed by atoms with Crippen molar-refractivity contribution in [3.05, 3.63) is 34.6 Å². The smallest absolute Gasteiger partial charge is 0.127 e. The molecule has 0 spiro atoms. The molecule has 0 aliphatic carbocycles. The molecule has 1 aliphatic rings. The molecule has 112 valence electrons. The van der Waals surface area contributed by atoms with Crippen LogP contribution in [0.2, 0.25) is 5.02 Å². The van der Waals surface area contributed by atoms with Crippen molar-refractivity contribution < 1.29 is 4.39 Å². The van der Waals surface area contributed by atoms with Crippen molar-refractivity contribution in [3.8, 4) is 0 Å². The summed E-state index contributed by atoms with van der Waals surface area (Å²) in [6.45, 7) is 9.12. The van der Waals surface area contributed by atoms with Gasteiger partial charge in [0.25, 0.3) is 0 Å². The molecule has 0 radical (unpaired) electrons. The van der Waals surface area contributed by atoms with E-state index in [1.807, 2.05) is 0 Å². The highest BCUT2D eigenvalue weighted by atomic mass is 35.5. The Kier molecular flexibility index (Phi) is 5.05. The standard InChI is InChI=1S/C16H24ClFN2/c1-4-16(5-2)11-19-12(3)9-20(16)10-13-8-14(17)6-7-15(13)18/h6-8,12,19H,4-5,9-11H2,1-3H3. The first-order valence-electron chi connectivity index (χ1n) is 7.43. The molecule has 2 rings (SSSR count). The summed E-state index contributed by atoms with van der Waals surface area (Å²) in [6, 6.07) is 5.25. The summed E-state index contributed by atoms with van der Waals surface area (Å²) in [5.41, 5.74) is 0.805. The van der Waals surface area contributed by atoms with E-state index in [0.29, 0.717) is 23.2 Å². The largest absolute Gasteiger partial charge is 0.311 e. The number of hydrogen-bond acceptors (Lipinski definition) is 2. The van der Waals surface area contributed by atoms with Crippen molar-refractivity contribution in [2.75, 3.05) is 13.1 Å². The lowest BCUT2D eigenvalue weighted by Crippen LogP contribution is -2.63. The second-order valence-electron chi connectivity index (χ2n) is 5.83. The molecule has 1 aromatic rings. The Morgan fingerprint density at radius 2 is 2.10 bits per heavy atom. The van der Waals surface area contributed by atoms with Crippen LogP contribution in [0.4, 0.5) is 4.39 Å². The molecule has 2 nitrogen and oxygen atoms in total. The molecule has 0 bridgehead atoms. The molecule has 1 saturated heterocycles. The van der Waals surface area contributed by atoms with Gasteiger partial charge >= 0.3 is 0 Å². The minimum Gasteiger partial charge on any atom is -0.311 e. The average molecular weight is 299 g/mol. The van der Waals surface area contributed by atoms with E-state index in [1.54, 1.807) is 12.1 Å². The Morgan fingerprint density at radius 3 is 2.75 bits per heavy atom. The third kappa shape index (κ3) is 3.16. The van der Waals surface area contributed by atoms with Crippen LogP contribution >= 0.6 is 11.6 Å². The minimum atomic E-state index is -0.165. The Morgan fingerprint density at radius 1 is 1.40 bits per heavy atom. The van der Waals surface area contributed by atoms with Gasteiger partial charge in [0.15, 0.2) is 0 Å². The third-order valence-electron chi connectivity index (χ3n) is 4.63. The maximum atomic E-state index is 14.0. The fraction of sp³-hybridized carbons (Fsp3) is 0.625. The summed E-state index contributed by atoms with van der Waals surface area (Å²) < 4.78 is 14.0. The van der Waals surface area contributed by atoms with E-state index in [-0.39, 0.29) is 11.4 Å². The molecular weight excluding hydrogens is 275 g/mol. The predicted molar refractivity (Wildman–Crippen MR) is 82.6 cm³/mol. The fourth-order valence-electron chi connectivity index (χ4n) is 3.11. The zero-order valence-electron chi connectivity index (χ0n) is 12.5. The normalized spacial score (nSPS) is 22.9. The molecule has 1 unspecified atom stereocenters. The summed E-state index contributed by atoms with van der Waals surface area (Å²) in [5, 5.41) is 4.16.